The van der Waals surface area contributed by atoms with Crippen molar-refractivity contribution in [2.24, 2.45) is 0 Å². The van der Waals surface area contributed by atoms with E-state index >= 15 is 0 Å². The zero-order valence-electron chi connectivity index (χ0n) is 13.4. The first kappa shape index (κ1) is 18.7. The largest absolute Gasteiger partial charge is 0.451 e. The highest BCUT2D eigenvalue weighted by Crippen LogP contribution is 2.59. The van der Waals surface area contributed by atoms with Crippen LogP contribution in [0, 0.1) is 0 Å². The van der Waals surface area contributed by atoms with E-state index in [4.69, 9.17) is 11.5 Å². The molecule has 1 aliphatic rings. The van der Waals surface area contributed by atoms with Gasteiger partial charge in [0.05, 0.1) is 0 Å². The van der Waals surface area contributed by atoms with E-state index in [1.165, 1.54) is 24.3 Å². The number of rotatable bonds is 4. The van der Waals surface area contributed by atoms with E-state index in [1.54, 1.807) is 0 Å². The van der Waals surface area contributed by atoms with Gasteiger partial charge in [-0.15, -0.1) is 0 Å². The van der Waals surface area contributed by atoms with Crippen molar-refractivity contribution in [3.63, 3.8) is 0 Å². The molecule has 27 heavy (non-hydrogen) atoms. The molecule has 2 aromatic rings. The maximum Gasteiger partial charge on any atom is 0.387 e. The van der Waals surface area contributed by atoms with Gasteiger partial charge in [0.2, 0.25) is 11.5 Å². The van der Waals surface area contributed by atoms with Crippen LogP contribution in [0.5, 0.6) is 11.5 Å². The molecular formula is C17H12F6N2O2. The molecule has 0 saturated heterocycles. The van der Waals surface area contributed by atoms with Crippen molar-refractivity contribution in [2.75, 3.05) is 11.5 Å². The first-order valence-electron chi connectivity index (χ1n) is 7.42. The molecule has 0 radical (unpaired) electrons. The zero-order chi connectivity index (χ0) is 20.0. The van der Waals surface area contributed by atoms with Crippen LogP contribution in [0.2, 0.25) is 0 Å². The molecule has 3 rings (SSSR count). The molecule has 0 aliphatic heterocycles. The number of ether oxygens (including phenoxy) is 2. The molecule has 0 aromatic heterocycles. The van der Waals surface area contributed by atoms with Crippen LogP contribution in [0.3, 0.4) is 0 Å². The Hall–Kier alpha value is -3.04. The van der Waals surface area contributed by atoms with Crippen molar-refractivity contribution in [1.29, 1.82) is 0 Å². The molecule has 2 aromatic carbocycles. The van der Waals surface area contributed by atoms with Gasteiger partial charge in [-0.25, -0.2) is 0 Å². The number of anilines is 2. The molecule has 144 valence electrons. The molecule has 1 aliphatic carbocycles. The monoisotopic (exact) mass is 390 g/mol. The van der Waals surface area contributed by atoms with Crippen LogP contribution in [0.1, 0.15) is 0 Å². The van der Waals surface area contributed by atoms with Crippen LogP contribution in [-0.4, -0.2) is 17.8 Å². The normalized spacial score (nSPS) is 19.8. The van der Waals surface area contributed by atoms with Gasteiger partial charge in [0.15, 0.2) is 0 Å². The highest BCUT2D eigenvalue weighted by Gasteiger charge is 2.83. The number of nitrogens with two attached hydrogens (primary N) is 2. The predicted molar refractivity (Wildman–Crippen MR) is 84.8 cm³/mol. The molecule has 4 nitrogen and oxygen atoms in total. The Balaban J connectivity index is 2.09. The van der Waals surface area contributed by atoms with Gasteiger partial charge in [-0.05, 0) is 48.5 Å². The second-order valence-corrected chi connectivity index (χ2v) is 5.72. The van der Waals surface area contributed by atoms with Crippen molar-refractivity contribution in [3.05, 3.63) is 60.0 Å². The first-order valence-corrected chi connectivity index (χ1v) is 7.42. The smallest absolute Gasteiger partial charge is 0.387 e. The summed E-state index contributed by atoms with van der Waals surface area (Å²) in [6, 6.07) is 9.14. The van der Waals surface area contributed by atoms with E-state index in [1.807, 2.05) is 0 Å². The fourth-order valence-electron chi connectivity index (χ4n) is 2.30. The van der Waals surface area contributed by atoms with Crippen LogP contribution in [0.25, 0.3) is 0 Å². The number of nitrogen functional groups attached to an aromatic ring is 2. The Kier molecular flexibility index (Phi) is 4.16. The molecular weight excluding hydrogens is 378 g/mol. The van der Waals surface area contributed by atoms with E-state index in [0.717, 1.165) is 24.3 Å². The maximum atomic E-state index is 14.1. The lowest BCUT2D eigenvalue weighted by Gasteiger charge is -2.24. The van der Waals surface area contributed by atoms with Crippen LogP contribution < -0.4 is 20.9 Å². The Labute approximate surface area is 149 Å². The average Bonchev–Trinajstić information content (AvgIpc) is 2.69. The Morgan fingerprint density at radius 3 is 1.15 bits per heavy atom. The van der Waals surface area contributed by atoms with Crippen LogP contribution in [0.15, 0.2) is 60.0 Å². The Morgan fingerprint density at radius 2 is 0.852 bits per heavy atom. The quantitative estimate of drug-likeness (QED) is 0.598. The second kappa shape index (κ2) is 6.00. The third-order valence-electron chi connectivity index (χ3n) is 3.77. The summed E-state index contributed by atoms with van der Waals surface area (Å²) in [6.07, 6.45) is 0. The molecule has 10 heteroatoms. The van der Waals surface area contributed by atoms with Crippen molar-refractivity contribution in [1.82, 2.24) is 0 Å². The molecule has 4 N–H and O–H groups in total. The van der Waals surface area contributed by atoms with Crippen molar-refractivity contribution in [3.8, 4) is 11.5 Å². The number of allylic oxidation sites excluding steroid dienone is 2. The summed E-state index contributed by atoms with van der Waals surface area (Å²) in [5.41, 5.74) is 11.3. The van der Waals surface area contributed by atoms with E-state index in [0.29, 0.717) is 0 Å². The first-order chi connectivity index (χ1) is 12.5. The Morgan fingerprint density at radius 1 is 0.556 bits per heavy atom. The summed E-state index contributed by atoms with van der Waals surface area (Å²) in [7, 11) is 0. The number of hydrogen-bond donors (Lipinski definition) is 2. The van der Waals surface area contributed by atoms with Crippen LogP contribution >= 0.6 is 0 Å². The average molecular weight is 390 g/mol. The SMILES string of the molecule is Nc1ccc(OC2=C(Oc3ccc(N)cc3)C(F)(F)C(F)(F)C2(F)F)cc1. The van der Waals surface area contributed by atoms with Crippen molar-refractivity contribution < 1.29 is 35.8 Å². The number of halogens is 6. The molecule has 0 spiro atoms. The minimum absolute atomic E-state index is 0.225. The lowest BCUT2D eigenvalue weighted by atomic mass is 10.1. The van der Waals surface area contributed by atoms with Crippen LogP contribution in [0.4, 0.5) is 37.7 Å². The van der Waals surface area contributed by atoms with Gasteiger partial charge in [-0.2, -0.15) is 26.3 Å². The topological polar surface area (TPSA) is 70.5 Å². The second-order valence-electron chi connectivity index (χ2n) is 5.72. The number of benzene rings is 2. The van der Waals surface area contributed by atoms with E-state index in [9.17, 15) is 26.3 Å². The summed E-state index contributed by atoms with van der Waals surface area (Å²) >= 11 is 0. The molecule has 0 unspecified atom stereocenters. The molecule has 0 fully saturated rings. The van der Waals surface area contributed by atoms with Gasteiger partial charge in [-0.3, -0.25) is 0 Å². The minimum atomic E-state index is -5.76. The summed E-state index contributed by atoms with van der Waals surface area (Å²) in [4.78, 5) is 0. The summed E-state index contributed by atoms with van der Waals surface area (Å²) in [5.74, 6) is -21.2. The molecule has 0 bridgehead atoms. The fraction of sp³-hybridized carbons (Fsp3) is 0.176. The van der Waals surface area contributed by atoms with Crippen molar-refractivity contribution in [2.45, 2.75) is 17.8 Å². The zero-order valence-corrected chi connectivity index (χ0v) is 13.4. The highest BCUT2D eigenvalue weighted by atomic mass is 19.3. The fourth-order valence-corrected chi connectivity index (χ4v) is 2.30. The molecule has 0 atom stereocenters. The van der Waals surface area contributed by atoms with E-state index < -0.39 is 40.8 Å². The van der Waals surface area contributed by atoms with Gasteiger partial charge in [-0.1, -0.05) is 0 Å². The molecule has 0 saturated carbocycles. The highest BCUT2D eigenvalue weighted by molar-refractivity contribution is 5.46. The summed E-state index contributed by atoms with van der Waals surface area (Å²) in [6.45, 7) is 0. The molecule has 0 heterocycles. The minimum Gasteiger partial charge on any atom is -0.451 e. The third kappa shape index (κ3) is 2.90. The summed E-state index contributed by atoms with van der Waals surface area (Å²) in [5, 5.41) is 0. The van der Waals surface area contributed by atoms with Gasteiger partial charge < -0.3 is 20.9 Å². The van der Waals surface area contributed by atoms with Gasteiger partial charge >= 0.3 is 17.8 Å². The van der Waals surface area contributed by atoms with Crippen molar-refractivity contribution >= 4 is 11.4 Å². The lowest BCUT2D eigenvalue weighted by molar-refractivity contribution is -0.273. The van der Waals surface area contributed by atoms with E-state index in [2.05, 4.69) is 9.47 Å². The summed E-state index contributed by atoms with van der Waals surface area (Å²) < 4.78 is 93.5. The van der Waals surface area contributed by atoms with Gasteiger partial charge in [0.25, 0.3) is 0 Å². The van der Waals surface area contributed by atoms with Gasteiger partial charge in [0, 0.05) is 11.4 Å². The molecule has 0 amide bonds. The maximum absolute atomic E-state index is 14.1. The van der Waals surface area contributed by atoms with E-state index in [-0.39, 0.29) is 11.4 Å². The number of alkyl halides is 6. The predicted octanol–water partition coefficient (Wildman–Crippen LogP) is 4.44. The third-order valence-corrected chi connectivity index (χ3v) is 3.77. The lowest BCUT2D eigenvalue weighted by Crippen LogP contribution is -2.50. The standard InChI is InChI=1S/C17H12F6N2O2/c18-15(19)13(26-11-5-1-9(24)2-6-11)14(16(20,21)17(15,22)23)27-12-7-3-10(25)4-8-12/h1-8H,24-25H2. The Bertz CT molecular complexity index is 808. The van der Waals surface area contributed by atoms with Crippen LogP contribution in [-0.2, 0) is 0 Å². The van der Waals surface area contributed by atoms with Gasteiger partial charge in [0.1, 0.15) is 11.5 Å². The number of hydrogen-bond acceptors (Lipinski definition) is 4.